The van der Waals surface area contributed by atoms with Gasteiger partial charge in [-0.2, -0.15) is 10.5 Å². The molecule has 0 heterocycles. The van der Waals surface area contributed by atoms with Gasteiger partial charge in [0.1, 0.15) is 6.07 Å². The molecule has 3 heteroatoms. The Labute approximate surface area is 71.7 Å². The Morgan fingerprint density at radius 3 is 2.25 bits per heavy atom. The smallest absolute Gasteiger partial charge is 0.101 e. The third-order valence-electron chi connectivity index (χ3n) is 1.21. The van der Waals surface area contributed by atoms with Gasteiger partial charge in [0, 0.05) is 11.3 Å². The van der Waals surface area contributed by atoms with E-state index in [2.05, 4.69) is 6.58 Å². The molecule has 0 aliphatic heterocycles. The van der Waals surface area contributed by atoms with Crippen LogP contribution in [-0.2, 0) is 0 Å². The molecule has 0 aliphatic rings. The summed E-state index contributed by atoms with van der Waals surface area (Å²) in [5.41, 5.74) is 6.08. The molecule has 0 unspecified atom stereocenters. The molecule has 12 heavy (non-hydrogen) atoms. The number of rotatable bonds is 2. The number of hydrogen-bond acceptors (Lipinski definition) is 3. The van der Waals surface area contributed by atoms with Crippen molar-refractivity contribution in [3.63, 3.8) is 0 Å². The predicted molar refractivity (Wildman–Crippen MR) is 46.4 cm³/mol. The molecule has 0 bridgehead atoms. The minimum Gasteiger partial charge on any atom is -0.398 e. The summed E-state index contributed by atoms with van der Waals surface area (Å²) in [6.07, 6.45) is 3.00. The van der Waals surface area contributed by atoms with Gasteiger partial charge in [-0.05, 0) is 13.0 Å². The second-order valence-electron chi connectivity index (χ2n) is 2.05. The Bertz CT molecular complexity index is 321. The summed E-state index contributed by atoms with van der Waals surface area (Å²) in [7, 11) is 0. The first-order valence-corrected chi connectivity index (χ1v) is 3.28. The summed E-state index contributed by atoms with van der Waals surface area (Å²) in [5.74, 6) is 0. The minimum atomic E-state index is 0.173. The number of nitrogens with two attached hydrogens (primary N) is 1. The van der Waals surface area contributed by atoms with Crippen LogP contribution >= 0.6 is 0 Å². The summed E-state index contributed by atoms with van der Waals surface area (Å²) >= 11 is 0. The van der Waals surface area contributed by atoms with Crippen molar-refractivity contribution < 1.29 is 0 Å². The summed E-state index contributed by atoms with van der Waals surface area (Å²) < 4.78 is 0. The molecule has 0 radical (unpaired) electrons. The molecule has 0 aliphatic carbocycles. The lowest BCUT2D eigenvalue weighted by atomic mass is 10.1. The van der Waals surface area contributed by atoms with Gasteiger partial charge in [0.2, 0.25) is 0 Å². The third-order valence-corrected chi connectivity index (χ3v) is 1.21. The van der Waals surface area contributed by atoms with Gasteiger partial charge in [-0.3, -0.25) is 0 Å². The number of allylic oxidation sites excluding steroid dienone is 4. The van der Waals surface area contributed by atoms with Crippen LogP contribution in [0, 0.1) is 22.7 Å². The first-order chi connectivity index (χ1) is 5.65. The van der Waals surface area contributed by atoms with Crippen LogP contribution in [-0.4, -0.2) is 0 Å². The van der Waals surface area contributed by atoms with Crippen molar-refractivity contribution >= 4 is 0 Å². The molecule has 0 atom stereocenters. The molecule has 0 saturated heterocycles. The van der Waals surface area contributed by atoms with Gasteiger partial charge < -0.3 is 5.73 Å². The van der Waals surface area contributed by atoms with Crippen LogP contribution in [0.1, 0.15) is 6.92 Å². The maximum absolute atomic E-state index is 8.54. The van der Waals surface area contributed by atoms with E-state index in [1.807, 2.05) is 12.1 Å². The van der Waals surface area contributed by atoms with Crippen molar-refractivity contribution in [2.45, 2.75) is 6.92 Å². The van der Waals surface area contributed by atoms with Gasteiger partial charge in [-0.1, -0.05) is 12.7 Å². The molecule has 0 rings (SSSR count). The molecule has 3 nitrogen and oxygen atoms in total. The van der Waals surface area contributed by atoms with Crippen molar-refractivity contribution in [3.05, 3.63) is 35.6 Å². The highest BCUT2D eigenvalue weighted by Gasteiger charge is 1.97. The molecule has 0 amide bonds. The molecule has 2 N–H and O–H groups in total. The maximum Gasteiger partial charge on any atom is 0.101 e. The van der Waals surface area contributed by atoms with Crippen LogP contribution in [0.15, 0.2) is 35.6 Å². The Hall–Kier alpha value is -2.00. The van der Waals surface area contributed by atoms with E-state index in [0.717, 1.165) is 0 Å². The van der Waals surface area contributed by atoms with Crippen LogP contribution in [0.5, 0.6) is 0 Å². The monoisotopic (exact) mass is 159 g/mol. The zero-order chi connectivity index (χ0) is 9.56. The van der Waals surface area contributed by atoms with Gasteiger partial charge in [-0.25, -0.2) is 0 Å². The van der Waals surface area contributed by atoms with Gasteiger partial charge >= 0.3 is 0 Å². The first-order valence-electron chi connectivity index (χ1n) is 3.28. The number of nitriles is 2. The quantitative estimate of drug-likeness (QED) is 0.488. The Balaban J connectivity index is 4.90. The van der Waals surface area contributed by atoms with Crippen molar-refractivity contribution in [3.8, 4) is 12.1 Å². The predicted octanol–water partition coefficient (Wildman–Crippen LogP) is 1.38. The SMILES string of the molecule is C=C(N)/C(C#N)=C\C(C#N)=C/C. The van der Waals surface area contributed by atoms with Crippen molar-refractivity contribution in [1.82, 2.24) is 0 Å². The zero-order valence-corrected chi connectivity index (χ0v) is 6.83. The highest BCUT2D eigenvalue weighted by atomic mass is 14.6. The van der Waals surface area contributed by atoms with Gasteiger partial charge in [-0.15, -0.1) is 0 Å². The van der Waals surface area contributed by atoms with E-state index in [-0.39, 0.29) is 11.3 Å². The standard InChI is InChI=1S/C9H9N3/c1-3-8(5-10)4-9(6-11)7(2)12/h3-4H,2,12H2,1H3/b8-3+,9-4-. The lowest BCUT2D eigenvalue weighted by Crippen LogP contribution is -1.97. The van der Waals surface area contributed by atoms with E-state index in [0.29, 0.717) is 5.57 Å². The lowest BCUT2D eigenvalue weighted by molar-refractivity contribution is 1.35. The van der Waals surface area contributed by atoms with Crippen LogP contribution in [0.4, 0.5) is 0 Å². The van der Waals surface area contributed by atoms with E-state index in [9.17, 15) is 0 Å². The minimum absolute atomic E-state index is 0.173. The largest absolute Gasteiger partial charge is 0.398 e. The molecule has 60 valence electrons. The highest BCUT2D eigenvalue weighted by molar-refractivity contribution is 5.47. The van der Waals surface area contributed by atoms with Crippen molar-refractivity contribution in [2.24, 2.45) is 5.73 Å². The molecule has 0 aromatic rings. The average Bonchev–Trinajstić information content (AvgIpc) is 2.06. The van der Waals surface area contributed by atoms with E-state index in [1.165, 1.54) is 6.08 Å². The third kappa shape index (κ3) is 2.72. The van der Waals surface area contributed by atoms with Gasteiger partial charge in [0.25, 0.3) is 0 Å². The zero-order valence-electron chi connectivity index (χ0n) is 6.83. The maximum atomic E-state index is 8.54. The summed E-state index contributed by atoms with van der Waals surface area (Å²) in [4.78, 5) is 0. The summed E-state index contributed by atoms with van der Waals surface area (Å²) in [6.45, 7) is 5.11. The van der Waals surface area contributed by atoms with E-state index in [1.54, 1.807) is 13.0 Å². The molecular weight excluding hydrogens is 150 g/mol. The van der Waals surface area contributed by atoms with E-state index in [4.69, 9.17) is 16.3 Å². The van der Waals surface area contributed by atoms with Gasteiger partial charge in [0.05, 0.1) is 11.6 Å². The van der Waals surface area contributed by atoms with Crippen LogP contribution in [0.2, 0.25) is 0 Å². The molecule has 0 spiro atoms. The summed E-state index contributed by atoms with van der Waals surface area (Å²) in [5, 5.41) is 17.1. The van der Waals surface area contributed by atoms with Crippen LogP contribution in [0.25, 0.3) is 0 Å². The molecule has 0 aromatic heterocycles. The van der Waals surface area contributed by atoms with Crippen molar-refractivity contribution in [2.75, 3.05) is 0 Å². The second-order valence-corrected chi connectivity index (χ2v) is 2.05. The Kier molecular flexibility index (Phi) is 3.97. The van der Waals surface area contributed by atoms with Crippen LogP contribution < -0.4 is 5.73 Å². The molecular formula is C9H9N3. The topological polar surface area (TPSA) is 73.6 Å². The molecule has 0 aromatic carbocycles. The van der Waals surface area contributed by atoms with E-state index >= 15 is 0 Å². The fourth-order valence-corrected chi connectivity index (χ4v) is 0.532. The highest BCUT2D eigenvalue weighted by Crippen LogP contribution is 2.05. The first kappa shape index (κ1) is 10.0. The molecule has 0 saturated carbocycles. The normalized spacial score (nSPS) is 11.6. The lowest BCUT2D eigenvalue weighted by Gasteiger charge is -1.93. The fourth-order valence-electron chi connectivity index (χ4n) is 0.532. The summed E-state index contributed by atoms with van der Waals surface area (Å²) in [6, 6.07) is 3.75. The Morgan fingerprint density at radius 2 is 2.00 bits per heavy atom. The molecule has 0 fully saturated rings. The average molecular weight is 159 g/mol. The van der Waals surface area contributed by atoms with Crippen LogP contribution in [0.3, 0.4) is 0 Å². The van der Waals surface area contributed by atoms with Gasteiger partial charge in [0.15, 0.2) is 0 Å². The number of hydrogen-bond donors (Lipinski definition) is 1. The van der Waals surface area contributed by atoms with Crippen molar-refractivity contribution in [1.29, 1.82) is 10.5 Å². The second kappa shape index (κ2) is 4.76. The number of nitrogens with zero attached hydrogens (tertiary/aromatic N) is 2. The Morgan fingerprint density at radius 1 is 1.42 bits per heavy atom. The van der Waals surface area contributed by atoms with E-state index < -0.39 is 0 Å². The fraction of sp³-hybridized carbons (Fsp3) is 0.111.